The molecule has 1 aliphatic heterocycles. The molecule has 2 aromatic heterocycles. The summed E-state index contributed by atoms with van der Waals surface area (Å²) in [4.78, 5) is 15.3. The van der Waals surface area contributed by atoms with E-state index in [0.29, 0.717) is 22.3 Å². The lowest BCUT2D eigenvalue weighted by molar-refractivity contribution is 0.116. The number of benzene rings is 2. The van der Waals surface area contributed by atoms with Crippen LogP contribution < -0.4 is 14.8 Å². The quantitative estimate of drug-likeness (QED) is 0.395. The van der Waals surface area contributed by atoms with Crippen molar-refractivity contribution in [3.8, 4) is 17.2 Å². The lowest BCUT2D eigenvalue weighted by Gasteiger charge is -2.29. The van der Waals surface area contributed by atoms with Gasteiger partial charge in [-0.05, 0) is 62.4 Å². The molecule has 0 aliphatic carbocycles. The van der Waals surface area contributed by atoms with E-state index in [2.05, 4.69) is 32.2 Å². The molecule has 5 rings (SSSR count). The van der Waals surface area contributed by atoms with Gasteiger partial charge in [0.1, 0.15) is 35.5 Å². The zero-order chi connectivity index (χ0) is 22.6. The van der Waals surface area contributed by atoms with E-state index >= 15 is 0 Å². The minimum atomic E-state index is 0.179. The number of pyridine rings is 1. The van der Waals surface area contributed by atoms with E-state index in [9.17, 15) is 0 Å². The van der Waals surface area contributed by atoms with Crippen LogP contribution in [0.4, 0.5) is 11.5 Å². The molecule has 1 N–H and O–H groups in total. The fourth-order valence-corrected chi connectivity index (χ4v) is 4.11. The molecule has 0 amide bonds. The largest absolute Gasteiger partial charge is 0.489 e. The van der Waals surface area contributed by atoms with E-state index in [1.54, 1.807) is 18.7 Å². The van der Waals surface area contributed by atoms with E-state index in [1.165, 1.54) is 0 Å². The van der Waals surface area contributed by atoms with E-state index in [4.69, 9.17) is 21.1 Å². The highest BCUT2D eigenvalue weighted by Gasteiger charge is 2.20. The zero-order valence-corrected chi connectivity index (χ0v) is 19.0. The molecule has 1 aliphatic rings. The Morgan fingerprint density at radius 2 is 1.91 bits per heavy atom. The third kappa shape index (κ3) is 4.99. The number of aromatic nitrogens is 3. The van der Waals surface area contributed by atoms with Crippen molar-refractivity contribution in [2.24, 2.45) is 0 Å². The molecule has 0 saturated carbocycles. The minimum absolute atomic E-state index is 0.179. The van der Waals surface area contributed by atoms with Crippen LogP contribution in [0, 0.1) is 0 Å². The second kappa shape index (κ2) is 9.60. The lowest BCUT2D eigenvalue weighted by Crippen LogP contribution is -2.35. The molecule has 0 unspecified atom stereocenters. The predicted molar refractivity (Wildman–Crippen MR) is 130 cm³/mol. The highest BCUT2D eigenvalue weighted by molar-refractivity contribution is 6.32. The Balaban J connectivity index is 1.40. The van der Waals surface area contributed by atoms with Gasteiger partial charge in [-0.2, -0.15) is 0 Å². The number of hydrogen-bond donors (Lipinski definition) is 1. The van der Waals surface area contributed by atoms with Crippen LogP contribution in [-0.4, -0.2) is 46.1 Å². The first kappa shape index (κ1) is 21.4. The molecule has 0 bridgehead atoms. The maximum Gasteiger partial charge on any atom is 0.146 e. The number of hydrogen-bond acceptors (Lipinski definition) is 7. The van der Waals surface area contributed by atoms with Crippen molar-refractivity contribution in [2.75, 3.05) is 25.5 Å². The summed E-state index contributed by atoms with van der Waals surface area (Å²) in [5.74, 6) is 2.62. The van der Waals surface area contributed by atoms with E-state index in [1.807, 2.05) is 48.5 Å². The summed E-state index contributed by atoms with van der Waals surface area (Å²) in [5.41, 5.74) is 1.60. The number of ether oxygens (including phenoxy) is 2. The molecule has 3 heterocycles. The number of rotatable bonds is 6. The highest BCUT2D eigenvalue weighted by Crippen LogP contribution is 2.36. The molecule has 0 atom stereocenters. The number of likely N-dealkylation sites (tertiary alicyclic amines) is 1. The smallest absolute Gasteiger partial charge is 0.146 e. The third-order valence-corrected chi connectivity index (χ3v) is 5.94. The molecule has 8 heteroatoms. The van der Waals surface area contributed by atoms with E-state index in [0.717, 1.165) is 48.3 Å². The summed E-state index contributed by atoms with van der Waals surface area (Å²) in [6.07, 6.45) is 7.05. The van der Waals surface area contributed by atoms with Gasteiger partial charge in [0.05, 0.1) is 22.1 Å². The molecule has 7 nitrogen and oxygen atoms in total. The van der Waals surface area contributed by atoms with Gasteiger partial charge in [-0.1, -0.05) is 17.7 Å². The Bertz CT molecular complexity index is 1240. The maximum atomic E-state index is 6.49. The summed E-state index contributed by atoms with van der Waals surface area (Å²) in [7, 11) is 2.14. The van der Waals surface area contributed by atoms with Crippen LogP contribution in [0.3, 0.4) is 0 Å². The molecule has 0 spiro atoms. The van der Waals surface area contributed by atoms with Crippen molar-refractivity contribution in [3.63, 3.8) is 0 Å². The van der Waals surface area contributed by atoms with Crippen LogP contribution in [0.1, 0.15) is 12.8 Å². The molecule has 1 fully saturated rings. The number of halogens is 1. The van der Waals surface area contributed by atoms with Crippen molar-refractivity contribution in [1.82, 2.24) is 19.9 Å². The van der Waals surface area contributed by atoms with Gasteiger partial charge in [0.2, 0.25) is 0 Å². The zero-order valence-electron chi connectivity index (χ0n) is 18.2. The average molecular weight is 462 g/mol. The Labute approximate surface area is 197 Å². The normalized spacial score (nSPS) is 14.8. The molecule has 1 saturated heterocycles. The molecule has 4 aromatic rings. The number of fused-ring (bicyclic) bond motifs is 1. The van der Waals surface area contributed by atoms with Crippen molar-refractivity contribution < 1.29 is 9.47 Å². The average Bonchev–Trinajstić information content (AvgIpc) is 2.83. The first-order valence-electron chi connectivity index (χ1n) is 10.9. The van der Waals surface area contributed by atoms with Crippen LogP contribution in [0.5, 0.6) is 17.2 Å². The monoisotopic (exact) mass is 461 g/mol. The van der Waals surface area contributed by atoms with Crippen molar-refractivity contribution in [2.45, 2.75) is 18.9 Å². The van der Waals surface area contributed by atoms with Crippen molar-refractivity contribution in [1.29, 1.82) is 0 Å². The van der Waals surface area contributed by atoms with Gasteiger partial charge in [0.25, 0.3) is 0 Å². The van der Waals surface area contributed by atoms with Crippen LogP contribution in [0.15, 0.2) is 67.3 Å². The fraction of sp³-hybridized carbons (Fsp3) is 0.240. The Morgan fingerprint density at radius 1 is 1.03 bits per heavy atom. The van der Waals surface area contributed by atoms with Gasteiger partial charge in [-0.3, -0.25) is 4.98 Å². The van der Waals surface area contributed by atoms with Crippen LogP contribution >= 0.6 is 11.6 Å². The second-order valence-electron chi connectivity index (χ2n) is 8.05. The predicted octanol–water partition coefficient (Wildman–Crippen LogP) is 5.69. The second-order valence-corrected chi connectivity index (χ2v) is 8.46. The van der Waals surface area contributed by atoms with Gasteiger partial charge in [-0.15, -0.1) is 0 Å². The summed E-state index contributed by atoms with van der Waals surface area (Å²) < 4.78 is 12.2. The Morgan fingerprint density at radius 3 is 2.70 bits per heavy atom. The number of anilines is 2. The molecule has 33 heavy (non-hydrogen) atoms. The molecule has 2 aromatic carbocycles. The standard InChI is InChI=1S/C25H24ClN5O2/c1-31-12-9-18(10-13-31)32-23-6-2-5-21-24(23)25(29-16-28-21)30-17-7-8-22(20(26)14-17)33-19-4-3-11-27-15-19/h2-8,11,14-16,18H,9-10,12-13H2,1H3,(H,28,29,30). The van der Waals surface area contributed by atoms with Crippen molar-refractivity contribution in [3.05, 3.63) is 72.3 Å². The van der Waals surface area contributed by atoms with E-state index in [-0.39, 0.29) is 6.10 Å². The Hall–Kier alpha value is -3.42. The lowest BCUT2D eigenvalue weighted by atomic mass is 10.1. The first-order chi connectivity index (χ1) is 16.2. The summed E-state index contributed by atoms with van der Waals surface area (Å²) >= 11 is 6.49. The maximum absolute atomic E-state index is 6.49. The van der Waals surface area contributed by atoms with E-state index < -0.39 is 0 Å². The first-order valence-corrected chi connectivity index (χ1v) is 11.3. The SMILES string of the molecule is CN1CCC(Oc2cccc3ncnc(Nc4ccc(Oc5cccnc5)c(Cl)c4)c23)CC1. The van der Waals surface area contributed by atoms with Gasteiger partial charge < -0.3 is 19.7 Å². The number of nitrogens with zero attached hydrogens (tertiary/aromatic N) is 4. The third-order valence-electron chi connectivity index (χ3n) is 5.64. The minimum Gasteiger partial charge on any atom is -0.489 e. The van der Waals surface area contributed by atoms with Crippen molar-refractivity contribution >= 4 is 34.0 Å². The highest BCUT2D eigenvalue weighted by atomic mass is 35.5. The summed E-state index contributed by atoms with van der Waals surface area (Å²) in [5, 5.41) is 4.70. The van der Waals surface area contributed by atoms with Crippen LogP contribution in [-0.2, 0) is 0 Å². The number of piperidine rings is 1. The van der Waals surface area contributed by atoms with Gasteiger partial charge in [0, 0.05) is 25.0 Å². The van der Waals surface area contributed by atoms with Gasteiger partial charge >= 0.3 is 0 Å². The molecule has 168 valence electrons. The van der Waals surface area contributed by atoms with Crippen LogP contribution in [0.25, 0.3) is 10.9 Å². The summed E-state index contributed by atoms with van der Waals surface area (Å²) in [6, 6.07) is 15.1. The molecule has 0 radical (unpaired) electrons. The molecular weight excluding hydrogens is 438 g/mol. The topological polar surface area (TPSA) is 72.4 Å². The molecular formula is C25H24ClN5O2. The Kier molecular flexibility index (Phi) is 6.24. The van der Waals surface area contributed by atoms with Crippen LogP contribution in [0.2, 0.25) is 5.02 Å². The summed E-state index contributed by atoms with van der Waals surface area (Å²) in [6.45, 7) is 2.06. The van der Waals surface area contributed by atoms with Gasteiger partial charge in [-0.25, -0.2) is 9.97 Å². The fourth-order valence-electron chi connectivity index (χ4n) is 3.89. The number of nitrogens with one attached hydrogen (secondary N) is 1. The van der Waals surface area contributed by atoms with Gasteiger partial charge in [0.15, 0.2) is 0 Å².